The molecule has 1 unspecified atom stereocenters. The van der Waals surface area contributed by atoms with Gasteiger partial charge in [-0.3, -0.25) is 0 Å². The molecule has 0 saturated heterocycles. The number of nitrogens with two attached hydrogens (primary N) is 1. The molecule has 0 spiro atoms. The molecule has 1 atom stereocenters. The third kappa shape index (κ3) is 7.06. The van der Waals surface area contributed by atoms with Gasteiger partial charge in [0.05, 0.1) is 6.67 Å². The topological polar surface area (TPSA) is 87.5 Å². The molecule has 0 rings (SSSR count). The maximum absolute atomic E-state index is 9.98. The number of aliphatic imine (C=N–C) groups is 1. The second kappa shape index (κ2) is 5.20. The largest absolute Gasteiger partial charge is 0.589 e. The number of hydroxylamine groups is 2. The molecule has 0 amide bonds. The molecule has 0 saturated carbocycles. The van der Waals surface area contributed by atoms with Gasteiger partial charge >= 0.3 is 0 Å². The van der Waals surface area contributed by atoms with Gasteiger partial charge in [0.25, 0.3) is 0 Å². The molecule has 0 aliphatic heterocycles. The smallest absolute Gasteiger partial charge is 0.143 e. The number of hydrogen-bond acceptors (Lipinski definition) is 5. The SMILES string of the molecule is C[NH+]([O-])ON=C=NCN. The summed E-state index contributed by atoms with van der Waals surface area (Å²) in [6.07, 6.45) is 0. The first-order chi connectivity index (χ1) is 4.27. The third-order valence-electron chi connectivity index (χ3n) is 0.377. The van der Waals surface area contributed by atoms with Crippen molar-refractivity contribution in [3.05, 3.63) is 5.21 Å². The van der Waals surface area contributed by atoms with Crippen LogP contribution in [0.3, 0.4) is 0 Å². The molecule has 0 fully saturated rings. The quantitative estimate of drug-likeness (QED) is 0.342. The molecule has 0 heterocycles. The van der Waals surface area contributed by atoms with E-state index in [-0.39, 0.29) is 6.67 Å². The molecule has 3 N–H and O–H groups in total. The first-order valence-electron chi connectivity index (χ1n) is 2.26. The summed E-state index contributed by atoms with van der Waals surface area (Å²) in [7, 11) is 1.23. The number of nitrogens with zero attached hydrogens (tertiary/aromatic N) is 2. The lowest BCUT2D eigenvalue weighted by Crippen LogP contribution is -3.02. The second-order valence-electron chi connectivity index (χ2n) is 1.11. The lowest BCUT2D eigenvalue weighted by Gasteiger charge is -2.06. The second-order valence-corrected chi connectivity index (χ2v) is 1.11. The predicted molar refractivity (Wildman–Crippen MR) is 30.3 cm³/mol. The fourth-order valence-corrected chi connectivity index (χ4v) is 0.154. The van der Waals surface area contributed by atoms with Crippen molar-refractivity contribution in [3.63, 3.8) is 0 Å². The van der Waals surface area contributed by atoms with E-state index in [1.54, 1.807) is 0 Å². The summed E-state index contributed by atoms with van der Waals surface area (Å²) < 4.78 is 0. The Hall–Kier alpha value is -0.940. The maximum Gasteiger partial charge on any atom is 0.143 e. The van der Waals surface area contributed by atoms with Crippen LogP contribution < -0.4 is 11.0 Å². The zero-order valence-electron chi connectivity index (χ0n) is 5.00. The van der Waals surface area contributed by atoms with E-state index in [0.29, 0.717) is 0 Å². The summed E-state index contributed by atoms with van der Waals surface area (Å²) in [6.45, 7) is 0.0881. The molecular formula is C3H8N4O2. The van der Waals surface area contributed by atoms with Crippen molar-refractivity contribution in [2.75, 3.05) is 13.7 Å². The summed E-state index contributed by atoms with van der Waals surface area (Å²) in [5, 5.41) is 12.5. The van der Waals surface area contributed by atoms with Crippen LogP contribution in [0, 0.1) is 5.21 Å². The maximum atomic E-state index is 9.98. The first kappa shape index (κ1) is 8.06. The van der Waals surface area contributed by atoms with Crippen molar-refractivity contribution in [3.8, 4) is 0 Å². The summed E-state index contributed by atoms with van der Waals surface area (Å²) in [6, 6.07) is 2.05. The average Bonchev–Trinajstić information content (AvgIpc) is 1.80. The lowest BCUT2D eigenvalue weighted by molar-refractivity contribution is -1.04. The van der Waals surface area contributed by atoms with E-state index in [2.05, 4.69) is 15.1 Å². The Morgan fingerprint density at radius 1 is 1.89 bits per heavy atom. The van der Waals surface area contributed by atoms with Gasteiger partial charge in [-0.2, -0.15) is 10.2 Å². The Balaban J connectivity index is 3.35. The van der Waals surface area contributed by atoms with Gasteiger partial charge in [-0.05, 0) is 0 Å². The van der Waals surface area contributed by atoms with E-state index in [1.807, 2.05) is 6.01 Å². The van der Waals surface area contributed by atoms with Gasteiger partial charge in [-0.15, -0.1) is 0 Å². The van der Waals surface area contributed by atoms with E-state index in [4.69, 9.17) is 5.73 Å². The van der Waals surface area contributed by atoms with Crippen LogP contribution >= 0.6 is 0 Å². The molecule has 52 valence electrons. The molecule has 0 bridgehead atoms. The van der Waals surface area contributed by atoms with Gasteiger partial charge in [0.2, 0.25) is 0 Å². The van der Waals surface area contributed by atoms with E-state index >= 15 is 0 Å². The van der Waals surface area contributed by atoms with Crippen LogP contribution in [-0.4, -0.2) is 19.7 Å². The van der Waals surface area contributed by atoms with Crippen LogP contribution in [0.5, 0.6) is 0 Å². The minimum absolute atomic E-state index is 0.0881. The molecule has 0 aromatic rings. The number of nitrogens with one attached hydrogen (secondary N) is 1. The minimum atomic E-state index is -0.505. The van der Waals surface area contributed by atoms with Crippen molar-refractivity contribution in [1.82, 2.24) is 0 Å². The standard InChI is InChI=1S/C3H8N4O2/c1-7(8)9-6-3-5-2-4/h7H,2,4H2,1H3. The Bertz CT molecular complexity index is 117. The minimum Gasteiger partial charge on any atom is -0.589 e. The monoisotopic (exact) mass is 132 g/mol. The molecule has 6 nitrogen and oxygen atoms in total. The molecule has 0 radical (unpaired) electrons. The van der Waals surface area contributed by atoms with Crippen LogP contribution in [0.4, 0.5) is 0 Å². The van der Waals surface area contributed by atoms with Crippen LogP contribution in [0.25, 0.3) is 0 Å². The van der Waals surface area contributed by atoms with Gasteiger partial charge in [0.1, 0.15) is 13.1 Å². The van der Waals surface area contributed by atoms with Gasteiger partial charge < -0.3 is 10.9 Å². The zero-order valence-corrected chi connectivity index (χ0v) is 5.00. The molecular weight excluding hydrogens is 124 g/mol. The molecule has 9 heavy (non-hydrogen) atoms. The normalized spacial score (nSPS) is 11.4. The van der Waals surface area contributed by atoms with Crippen LogP contribution in [0.15, 0.2) is 10.1 Å². The van der Waals surface area contributed by atoms with Gasteiger partial charge in [-0.25, -0.2) is 4.99 Å². The first-order valence-corrected chi connectivity index (χ1v) is 2.26. The predicted octanol–water partition coefficient (Wildman–Crippen LogP) is -2.06. The third-order valence-corrected chi connectivity index (χ3v) is 0.377. The van der Waals surface area contributed by atoms with Gasteiger partial charge in [0, 0.05) is 5.16 Å². The number of rotatable bonds is 3. The molecule has 0 aliphatic rings. The van der Waals surface area contributed by atoms with Crippen molar-refractivity contribution < 1.29 is 10.2 Å². The van der Waals surface area contributed by atoms with Crippen LogP contribution in [-0.2, 0) is 4.94 Å². The Morgan fingerprint density at radius 3 is 3.00 bits per heavy atom. The van der Waals surface area contributed by atoms with E-state index in [9.17, 15) is 5.21 Å². The van der Waals surface area contributed by atoms with Crippen LogP contribution in [0.2, 0.25) is 0 Å². The van der Waals surface area contributed by atoms with Gasteiger partial charge in [-0.1, -0.05) is 0 Å². The molecule has 6 heteroatoms. The number of quaternary nitrogens is 1. The van der Waals surface area contributed by atoms with Crippen LogP contribution in [0.1, 0.15) is 0 Å². The van der Waals surface area contributed by atoms with Crippen molar-refractivity contribution in [2.24, 2.45) is 15.9 Å². The highest BCUT2D eigenvalue weighted by Gasteiger charge is 1.75. The van der Waals surface area contributed by atoms with Crippen molar-refractivity contribution in [1.29, 1.82) is 0 Å². The average molecular weight is 132 g/mol. The highest BCUT2D eigenvalue weighted by atomic mass is 16.9. The molecule has 0 aliphatic carbocycles. The van der Waals surface area contributed by atoms with E-state index in [0.717, 1.165) is 0 Å². The fraction of sp³-hybridized carbons (Fsp3) is 0.667. The van der Waals surface area contributed by atoms with E-state index in [1.165, 1.54) is 7.05 Å². The summed E-state index contributed by atoms with van der Waals surface area (Å²) in [4.78, 5) is 7.40. The molecule has 0 aromatic heterocycles. The van der Waals surface area contributed by atoms with Gasteiger partial charge in [0.15, 0.2) is 0 Å². The Kier molecular flexibility index (Phi) is 4.66. The highest BCUT2D eigenvalue weighted by molar-refractivity contribution is 5.39. The van der Waals surface area contributed by atoms with Crippen molar-refractivity contribution in [2.45, 2.75) is 0 Å². The lowest BCUT2D eigenvalue weighted by atomic mass is 11.2. The van der Waals surface area contributed by atoms with E-state index < -0.39 is 5.23 Å². The van der Waals surface area contributed by atoms with Crippen molar-refractivity contribution >= 4 is 6.01 Å². The highest BCUT2D eigenvalue weighted by Crippen LogP contribution is 1.54. The zero-order chi connectivity index (χ0) is 7.11. The molecule has 0 aromatic carbocycles. The summed E-state index contributed by atoms with van der Waals surface area (Å²) >= 11 is 0. The number of hydrogen-bond donors (Lipinski definition) is 2. The fourth-order valence-electron chi connectivity index (χ4n) is 0.154. The Labute approximate surface area is 52.1 Å². The Morgan fingerprint density at radius 2 is 2.56 bits per heavy atom. The summed E-state index contributed by atoms with van der Waals surface area (Å²) in [5.41, 5.74) is 4.92. The summed E-state index contributed by atoms with van der Waals surface area (Å²) in [5.74, 6) is 0.